The first-order valence-electron chi connectivity index (χ1n) is 10.1. The zero-order chi connectivity index (χ0) is 23.6. The number of carbonyl (C=O) groups is 2. The van der Waals surface area contributed by atoms with Crippen LogP contribution in [0.1, 0.15) is 39.7 Å². The van der Waals surface area contributed by atoms with Crippen molar-refractivity contribution in [3.8, 4) is 0 Å². The number of aliphatic hydroxyl groups is 1. The molecule has 0 saturated heterocycles. The molecule has 1 unspecified atom stereocenters. The van der Waals surface area contributed by atoms with E-state index in [9.17, 15) is 19.0 Å². The van der Waals surface area contributed by atoms with E-state index in [4.69, 9.17) is 15.4 Å². The van der Waals surface area contributed by atoms with Crippen LogP contribution in [-0.2, 0) is 25.3 Å². The highest BCUT2D eigenvalue weighted by atomic mass is 31.2. The third-order valence-electron chi connectivity index (χ3n) is 4.58. The molecule has 0 aromatic heterocycles. The Morgan fingerprint density at radius 1 is 1.19 bits per heavy atom. The second-order valence-electron chi connectivity index (χ2n) is 7.82. The molecule has 0 saturated carbocycles. The standard InChI is InChI=1S/C21H34N3O6P/c1-14(2)19(22)21(27)23-16(4)20(26)24-18-9-7-17(8-10-18)13-30-31(28,29)11-5-6-15(3)12-25/h6-10,14,16,19,25H,5,11-13,22H2,1-4H3,(H,23,27)(H,24,26)(H,28,29)/b15-6+/t16-,19-/m0/s1. The molecule has 0 radical (unpaired) electrons. The van der Waals surface area contributed by atoms with E-state index < -0.39 is 19.7 Å². The molecule has 0 aliphatic heterocycles. The van der Waals surface area contributed by atoms with E-state index in [-0.39, 0.29) is 37.1 Å². The first-order chi connectivity index (χ1) is 14.4. The van der Waals surface area contributed by atoms with Crippen molar-refractivity contribution >= 4 is 25.1 Å². The van der Waals surface area contributed by atoms with Gasteiger partial charge in [-0.15, -0.1) is 0 Å². The van der Waals surface area contributed by atoms with Crippen molar-refractivity contribution < 1.29 is 28.7 Å². The molecule has 9 nitrogen and oxygen atoms in total. The Morgan fingerprint density at radius 3 is 2.35 bits per heavy atom. The molecule has 1 aromatic carbocycles. The van der Waals surface area contributed by atoms with E-state index in [2.05, 4.69) is 10.6 Å². The van der Waals surface area contributed by atoms with E-state index >= 15 is 0 Å². The SMILES string of the molecule is C/C(=C\CCP(=O)(O)OCc1ccc(NC(=O)[C@H](C)NC(=O)[C@@H](N)C(C)C)cc1)CO. The topological polar surface area (TPSA) is 151 Å². The van der Waals surface area contributed by atoms with Crippen molar-refractivity contribution in [3.05, 3.63) is 41.5 Å². The van der Waals surface area contributed by atoms with Gasteiger partial charge in [-0.3, -0.25) is 14.2 Å². The van der Waals surface area contributed by atoms with Gasteiger partial charge >= 0.3 is 7.60 Å². The predicted octanol–water partition coefficient (Wildman–Crippen LogP) is 2.14. The van der Waals surface area contributed by atoms with Gasteiger partial charge in [0, 0.05) is 5.69 Å². The Hall–Kier alpha value is -2.03. The van der Waals surface area contributed by atoms with Crippen molar-refractivity contribution in [2.45, 2.75) is 52.8 Å². The van der Waals surface area contributed by atoms with Gasteiger partial charge < -0.3 is 30.9 Å². The molecular weight excluding hydrogens is 421 g/mol. The van der Waals surface area contributed by atoms with Crippen LogP contribution < -0.4 is 16.4 Å². The van der Waals surface area contributed by atoms with Crippen LogP contribution in [-0.4, -0.2) is 46.7 Å². The summed E-state index contributed by atoms with van der Waals surface area (Å²) in [5, 5.41) is 14.2. The number of amides is 2. The molecule has 31 heavy (non-hydrogen) atoms. The maximum absolute atomic E-state index is 12.3. The highest BCUT2D eigenvalue weighted by Gasteiger charge is 2.22. The summed E-state index contributed by atoms with van der Waals surface area (Å²) >= 11 is 0. The van der Waals surface area contributed by atoms with Crippen LogP contribution in [0.3, 0.4) is 0 Å². The first kappa shape index (κ1) is 27.0. The van der Waals surface area contributed by atoms with E-state index in [0.717, 1.165) is 5.57 Å². The summed E-state index contributed by atoms with van der Waals surface area (Å²) in [6.07, 6.45) is 1.99. The lowest BCUT2D eigenvalue weighted by Gasteiger charge is -2.19. The van der Waals surface area contributed by atoms with Crippen LogP contribution in [0, 0.1) is 5.92 Å². The van der Waals surface area contributed by atoms with Gasteiger partial charge in [-0.2, -0.15) is 0 Å². The fraction of sp³-hybridized carbons (Fsp3) is 0.524. The number of hydrogen-bond donors (Lipinski definition) is 5. The van der Waals surface area contributed by atoms with E-state index in [0.29, 0.717) is 17.7 Å². The maximum atomic E-state index is 12.3. The lowest BCUT2D eigenvalue weighted by atomic mass is 10.0. The van der Waals surface area contributed by atoms with Gasteiger partial charge in [0.05, 0.1) is 25.4 Å². The summed E-state index contributed by atoms with van der Waals surface area (Å²) < 4.78 is 17.2. The lowest BCUT2D eigenvalue weighted by Crippen LogP contribution is -2.50. The Kier molecular flexibility index (Phi) is 11.1. The number of nitrogens with two attached hydrogens (primary N) is 1. The monoisotopic (exact) mass is 455 g/mol. The fourth-order valence-electron chi connectivity index (χ4n) is 2.39. The molecule has 1 aromatic rings. The van der Waals surface area contributed by atoms with Crippen molar-refractivity contribution in [1.82, 2.24) is 5.32 Å². The maximum Gasteiger partial charge on any atom is 0.328 e. The summed E-state index contributed by atoms with van der Waals surface area (Å²) in [6.45, 7) is 6.81. The Bertz CT molecular complexity index is 810. The number of nitrogens with one attached hydrogen (secondary N) is 2. The van der Waals surface area contributed by atoms with Gasteiger partial charge in [0.2, 0.25) is 11.8 Å². The minimum atomic E-state index is -3.75. The van der Waals surface area contributed by atoms with Crippen molar-refractivity contribution in [1.29, 1.82) is 0 Å². The molecule has 0 aliphatic rings. The van der Waals surface area contributed by atoms with E-state index in [1.54, 1.807) is 44.2 Å². The minimum absolute atomic E-state index is 0.0391. The number of anilines is 1. The normalized spacial score (nSPS) is 15.8. The van der Waals surface area contributed by atoms with Gasteiger partial charge in [-0.1, -0.05) is 37.6 Å². The van der Waals surface area contributed by atoms with Crippen LogP contribution in [0.5, 0.6) is 0 Å². The van der Waals surface area contributed by atoms with Crippen molar-refractivity contribution in [2.24, 2.45) is 11.7 Å². The third kappa shape index (κ3) is 10.2. The third-order valence-corrected chi connectivity index (χ3v) is 5.94. The summed E-state index contributed by atoms with van der Waals surface area (Å²) in [4.78, 5) is 34.1. The van der Waals surface area contributed by atoms with Gasteiger partial charge in [0.15, 0.2) is 0 Å². The van der Waals surface area contributed by atoms with E-state index in [1.165, 1.54) is 0 Å². The van der Waals surface area contributed by atoms with Crippen LogP contribution in [0.4, 0.5) is 5.69 Å². The first-order valence-corrected chi connectivity index (χ1v) is 11.9. The molecule has 1 rings (SSSR count). The van der Waals surface area contributed by atoms with Gasteiger partial charge in [-0.25, -0.2) is 0 Å². The summed E-state index contributed by atoms with van der Waals surface area (Å²) in [5.74, 6) is -0.819. The molecule has 10 heteroatoms. The molecule has 6 N–H and O–H groups in total. The van der Waals surface area contributed by atoms with E-state index in [1.807, 2.05) is 13.8 Å². The Balaban J connectivity index is 2.53. The number of rotatable bonds is 12. The number of carbonyl (C=O) groups excluding carboxylic acids is 2. The molecule has 0 bridgehead atoms. The van der Waals surface area contributed by atoms with Gasteiger partial charge in [0.1, 0.15) is 6.04 Å². The molecule has 174 valence electrons. The van der Waals surface area contributed by atoms with Crippen LogP contribution in [0.25, 0.3) is 0 Å². The molecule has 0 aliphatic carbocycles. The highest BCUT2D eigenvalue weighted by Crippen LogP contribution is 2.43. The number of aliphatic hydroxyl groups excluding tert-OH is 1. The van der Waals surface area contributed by atoms with Crippen LogP contribution in [0.2, 0.25) is 0 Å². The largest absolute Gasteiger partial charge is 0.392 e. The molecule has 2 amide bonds. The Labute approximate surface area is 183 Å². The number of benzene rings is 1. The quantitative estimate of drug-likeness (QED) is 0.239. The van der Waals surface area contributed by atoms with Crippen molar-refractivity contribution in [2.75, 3.05) is 18.1 Å². The van der Waals surface area contributed by atoms with Gasteiger partial charge in [0.25, 0.3) is 0 Å². The fourth-order valence-corrected chi connectivity index (χ4v) is 3.33. The predicted molar refractivity (Wildman–Crippen MR) is 120 cm³/mol. The molecule has 0 heterocycles. The summed E-state index contributed by atoms with van der Waals surface area (Å²) in [6, 6.07) is 5.17. The zero-order valence-corrected chi connectivity index (χ0v) is 19.4. The second-order valence-corrected chi connectivity index (χ2v) is 9.80. The summed E-state index contributed by atoms with van der Waals surface area (Å²) in [7, 11) is -3.75. The summed E-state index contributed by atoms with van der Waals surface area (Å²) in [5.41, 5.74) is 7.69. The lowest BCUT2D eigenvalue weighted by molar-refractivity contribution is -0.127. The zero-order valence-electron chi connectivity index (χ0n) is 18.5. The molecular formula is C21H34N3O6P. The molecule has 3 atom stereocenters. The molecule has 0 fully saturated rings. The number of hydrogen-bond acceptors (Lipinski definition) is 6. The van der Waals surface area contributed by atoms with Crippen LogP contribution in [0.15, 0.2) is 35.9 Å². The second kappa shape index (κ2) is 12.7. The van der Waals surface area contributed by atoms with Crippen LogP contribution >= 0.6 is 7.60 Å². The highest BCUT2D eigenvalue weighted by molar-refractivity contribution is 7.52. The number of allylic oxidation sites excluding steroid dienone is 1. The minimum Gasteiger partial charge on any atom is -0.392 e. The van der Waals surface area contributed by atoms with Crippen molar-refractivity contribution in [3.63, 3.8) is 0 Å². The average molecular weight is 455 g/mol. The molecule has 0 spiro atoms. The smallest absolute Gasteiger partial charge is 0.328 e. The average Bonchev–Trinajstić information content (AvgIpc) is 2.72. The Morgan fingerprint density at radius 2 is 1.81 bits per heavy atom. The van der Waals surface area contributed by atoms with Gasteiger partial charge in [-0.05, 0) is 43.9 Å².